The van der Waals surface area contributed by atoms with Gasteiger partial charge < -0.3 is 4.74 Å². The number of nitriles is 1. The second-order valence-electron chi connectivity index (χ2n) is 3.18. The van der Waals surface area contributed by atoms with Crippen LogP contribution in [0, 0.1) is 11.3 Å². The summed E-state index contributed by atoms with van der Waals surface area (Å²) in [5, 5.41) is 8.82. The first-order valence-electron chi connectivity index (χ1n) is 4.95. The van der Waals surface area contributed by atoms with Gasteiger partial charge in [0.1, 0.15) is 6.07 Å². The van der Waals surface area contributed by atoms with E-state index in [2.05, 4.69) is 4.74 Å². The van der Waals surface area contributed by atoms with Gasteiger partial charge >= 0.3 is 11.5 Å². The molecular weight excluding hydrogens is 303 g/mol. The molecule has 0 atom stereocenters. The minimum absolute atomic E-state index is 0.0245. The molecule has 102 valence electrons. The molecule has 1 aromatic carbocycles. The van der Waals surface area contributed by atoms with Crippen LogP contribution in [0.25, 0.3) is 0 Å². The highest BCUT2D eigenvalue weighted by atomic mass is 35.5. The third-order valence-electron chi connectivity index (χ3n) is 1.93. The summed E-state index contributed by atoms with van der Waals surface area (Å²) in [5.74, 6) is -0.923. The lowest BCUT2D eigenvalue weighted by Gasteiger charge is -2.11. The van der Waals surface area contributed by atoms with Crippen LogP contribution in [0.4, 0.5) is 13.2 Å². The number of thioether (sulfide) groups is 1. The van der Waals surface area contributed by atoms with Crippen LogP contribution < -0.4 is 0 Å². The van der Waals surface area contributed by atoms with Gasteiger partial charge in [-0.3, -0.25) is 0 Å². The largest absolute Gasteiger partial charge is 0.462 e. The zero-order chi connectivity index (χ0) is 14.6. The molecule has 0 spiro atoms. The molecule has 1 rings (SSSR count). The third kappa shape index (κ3) is 4.04. The van der Waals surface area contributed by atoms with Gasteiger partial charge in [0.15, 0.2) is 0 Å². The maximum absolute atomic E-state index is 12.3. The van der Waals surface area contributed by atoms with Crippen LogP contribution in [0.5, 0.6) is 0 Å². The second-order valence-corrected chi connectivity index (χ2v) is 4.69. The Labute approximate surface area is 116 Å². The summed E-state index contributed by atoms with van der Waals surface area (Å²) < 4.78 is 41.7. The SMILES string of the molecule is CCOC(=O)c1c(Cl)ccc(SC(F)(F)F)c1C#N. The second kappa shape index (κ2) is 6.17. The average molecular weight is 310 g/mol. The van der Waals surface area contributed by atoms with E-state index in [1.165, 1.54) is 6.92 Å². The molecule has 0 unspecified atom stereocenters. The third-order valence-corrected chi connectivity index (χ3v) is 3.04. The standard InChI is InChI=1S/C11H7ClF3NO2S/c1-2-18-10(17)9-6(5-16)8(4-3-7(9)12)19-11(13,14)15/h3-4H,2H2,1H3. The number of rotatable bonds is 3. The van der Waals surface area contributed by atoms with Gasteiger partial charge in [-0.1, -0.05) is 11.6 Å². The Bertz CT molecular complexity index is 540. The molecule has 0 bridgehead atoms. The van der Waals surface area contributed by atoms with Crippen molar-refractivity contribution < 1.29 is 22.7 Å². The summed E-state index contributed by atoms with van der Waals surface area (Å²) in [5.41, 5.74) is -5.35. The predicted molar refractivity (Wildman–Crippen MR) is 64.0 cm³/mol. The molecule has 0 aromatic heterocycles. The molecule has 0 heterocycles. The van der Waals surface area contributed by atoms with E-state index in [-0.39, 0.29) is 22.1 Å². The molecule has 0 radical (unpaired) electrons. The zero-order valence-corrected chi connectivity index (χ0v) is 11.1. The topological polar surface area (TPSA) is 50.1 Å². The number of alkyl halides is 3. The maximum Gasteiger partial charge on any atom is 0.446 e. The number of hydrogen-bond donors (Lipinski definition) is 0. The van der Waals surface area contributed by atoms with Gasteiger partial charge in [-0.25, -0.2) is 4.79 Å². The van der Waals surface area contributed by atoms with Crippen molar-refractivity contribution in [3.05, 3.63) is 28.3 Å². The Morgan fingerprint density at radius 1 is 1.53 bits per heavy atom. The van der Waals surface area contributed by atoms with Gasteiger partial charge in [0.2, 0.25) is 0 Å². The Morgan fingerprint density at radius 3 is 2.63 bits per heavy atom. The van der Waals surface area contributed by atoms with Gasteiger partial charge in [0.25, 0.3) is 0 Å². The molecule has 3 nitrogen and oxygen atoms in total. The highest BCUT2D eigenvalue weighted by Gasteiger charge is 2.32. The van der Waals surface area contributed by atoms with Gasteiger partial charge in [-0.15, -0.1) is 0 Å². The van der Waals surface area contributed by atoms with E-state index < -0.39 is 28.8 Å². The van der Waals surface area contributed by atoms with Crippen LogP contribution in [0.2, 0.25) is 5.02 Å². The summed E-state index contributed by atoms with van der Waals surface area (Å²) >= 11 is 5.26. The quantitative estimate of drug-likeness (QED) is 0.625. The summed E-state index contributed by atoms with van der Waals surface area (Å²) in [4.78, 5) is 11.2. The van der Waals surface area contributed by atoms with E-state index in [1.54, 1.807) is 6.07 Å². The van der Waals surface area contributed by atoms with Crippen LogP contribution in [0.15, 0.2) is 17.0 Å². The van der Waals surface area contributed by atoms with Crippen molar-refractivity contribution in [2.45, 2.75) is 17.3 Å². The van der Waals surface area contributed by atoms with Crippen LogP contribution >= 0.6 is 23.4 Å². The fourth-order valence-corrected chi connectivity index (χ4v) is 2.15. The number of esters is 1. The first-order valence-corrected chi connectivity index (χ1v) is 6.15. The molecule has 0 fully saturated rings. The highest BCUT2D eigenvalue weighted by Crippen LogP contribution is 2.40. The fourth-order valence-electron chi connectivity index (χ4n) is 1.28. The van der Waals surface area contributed by atoms with Crippen molar-refractivity contribution in [3.8, 4) is 6.07 Å². The minimum atomic E-state index is -4.56. The van der Waals surface area contributed by atoms with Crippen LogP contribution in [-0.2, 0) is 4.74 Å². The normalized spacial score (nSPS) is 10.9. The smallest absolute Gasteiger partial charge is 0.446 e. The molecule has 0 aliphatic heterocycles. The molecule has 0 saturated carbocycles. The number of benzene rings is 1. The first kappa shape index (κ1) is 15.7. The molecule has 19 heavy (non-hydrogen) atoms. The van der Waals surface area contributed by atoms with E-state index in [4.69, 9.17) is 16.9 Å². The molecule has 0 amide bonds. The Kier molecular flexibility index (Phi) is 5.09. The van der Waals surface area contributed by atoms with E-state index >= 15 is 0 Å². The molecule has 0 saturated heterocycles. The molecule has 0 N–H and O–H groups in total. The van der Waals surface area contributed by atoms with Crippen molar-refractivity contribution >= 4 is 29.3 Å². The van der Waals surface area contributed by atoms with Gasteiger partial charge in [-0.05, 0) is 30.8 Å². The number of nitrogens with zero attached hydrogens (tertiary/aromatic N) is 1. The monoisotopic (exact) mass is 309 g/mol. The van der Waals surface area contributed by atoms with Crippen molar-refractivity contribution in [2.24, 2.45) is 0 Å². The van der Waals surface area contributed by atoms with Crippen molar-refractivity contribution in [1.82, 2.24) is 0 Å². The average Bonchev–Trinajstić information content (AvgIpc) is 2.29. The first-order chi connectivity index (χ1) is 8.80. The van der Waals surface area contributed by atoms with Crippen molar-refractivity contribution in [3.63, 3.8) is 0 Å². The molecule has 1 aromatic rings. The van der Waals surface area contributed by atoms with Crippen LogP contribution in [0.3, 0.4) is 0 Å². The molecule has 0 aliphatic rings. The number of hydrogen-bond acceptors (Lipinski definition) is 4. The summed E-state index contributed by atoms with van der Waals surface area (Å²) in [6.07, 6.45) is 0. The molecular formula is C11H7ClF3NO2S. The Hall–Kier alpha value is -1.39. The Balaban J connectivity index is 3.35. The number of carbonyl (C=O) groups excluding carboxylic acids is 1. The minimum Gasteiger partial charge on any atom is -0.462 e. The van der Waals surface area contributed by atoms with Gasteiger partial charge in [-0.2, -0.15) is 18.4 Å². The lowest BCUT2D eigenvalue weighted by molar-refractivity contribution is -0.0328. The van der Waals surface area contributed by atoms with Crippen molar-refractivity contribution in [2.75, 3.05) is 6.61 Å². The van der Waals surface area contributed by atoms with Crippen LogP contribution in [0.1, 0.15) is 22.8 Å². The lowest BCUT2D eigenvalue weighted by Crippen LogP contribution is -2.10. The fraction of sp³-hybridized carbons (Fsp3) is 0.273. The summed E-state index contributed by atoms with van der Waals surface area (Å²) in [6.45, 7) is 1.56. The molecule has 8 heteroatoms. The van der Waals surface area contributed by atoms with Crippen molar-refractivity contribution in [1.29, 1.82) is 5.26 Å². The van der Waals surface area contributed by atoms with E-state index in [0.29, 0.717) is 0 Å². The van der Waals surface area contributed by atoms with Crippen LogP contribution in [-0.4, -0.2) is 18.1 Å². The van der Waals surface area contributed by atoms with E-state index in [0.717, 1.165) is 12.1 Å². The number of ether oxygens (including phenoxy) is 1. The van der Waals surface area contributed by atoms with Gasteiger partial charge in [0, 0.05) is 4.90 Å². The van der Waals surface area contributed by atoms with E-state index in [1.807, 2.05) is 0 Å². The maximum atomic E-state index is 12.3. The number of halogens is 4. The molecule has 0 aliphatic carbocycles. The van der Waals surface area contributed by atoms with Gasteiger partial charge in [0.05, 0.1) is 22.8 Å². The Morgan fingerprint density at radius 2 is 2.16 bits per heavy atom. The predicted octanol–water partition coefficient (Wildman–Crippen LogP) is 4.00. The summed E-state index contributed by atoms with van der Waals surface area (Å²) in [6, 6.07) is 3.73. The highest BCUT2D eigenvalue weighted by molar-refractivity contribution is 8.00. The van der Waals surface area contributed by atoms with E-state index in [9.17, 15) is 18.0 Å². The lowest BCUT2D eigenvalue weighted by atomic mass is 10.1. The zero-order valence-electron chi connectivity index (χ0n) is 9.55. The summed E-state index contributed by atoms with van der Waals surface area (Å²) in [7, 11) is 0. The number of carbonyl (C=O) groups is 1.